The van der Waals surface area contributed by atoms with Crippen LogP contribution in [-0.4, -0.2) is 26.2 Å². The fourth-order valence-electron chi connectivity index (χ4n) is 2.49. The lowest BCUT2D eigenvalue weighted by atomic mass is 9.98. The van der Waals surface area contributed by atoms with Crippen molar-refractivity contribution in [2.24, 2.45) is 5.92 Å². The third-order valence-electron chi connectivity index (χ3n) is 3.57. The SMILES string of the molecule is CCOc1cccc(Cl)c1CNCC1CCNCC1. The van der Waals surface area contributed by atoms with Gasteiger partial charge in [-0.2, -0.15) is 0 Å². The van der Waals surface area contributed by atoms with E-state index in [0.717, 1.165) is 48.4 Å². The maximum atomic E-state index is 6.26. The van der Waals surface area contributed by atoms with Crippen LogP contribution in [0, 0.1) is 5.92 Å². The molecule has 3 nitrogen and oxygen atoms in total. The Bertz CT molecular complexity index is 392. The molecule has 0 aliphatic carbocycles. The molecule has 0 unspecified atom stereocenters. The Labute approximate surface area is 120 Å². The minimum Gasteiger partial charge on any atom is -0.493 e. The van der Waals surface area contributed by atoms with E-state index in [4.69, 9.17) is 16.3 Å². The molecule has 1 fully saturated rings. The van der Waals surface area contributed by atoms with Crippen LogP contribution < -0.4 is 15.4 Å². The number of ether oxygens (including phenoxy) is 1. The van der Waals surface area contributed by atoms with E-state index in [1.807, 2.05) is 25.1 Å². The normalized spacial score (nSPS) is 16.5. The van der Waals surface area contributed by atoms with Crippen LogP contribution in [0.3, 0.4) is 0 Å². The van der Waals surface area contributed by atoms with Crippen molar-refractivity contribution in [3.8, 4) is 5.75 Å². The predicted molar refractivity (Wildman–Crippen MR) is 79.9 cm³/mol. The first-order valence-corrected chi connectivity index (χ1v) is 7.50. The number of piperidine rings is 1. The van der Waals surface area contributed by atoms with E-state index < -0.39 is 0 Å². The van der Waals surface area contributed by atoms with Gasteiger partial charge < -0.3 is 15.4 Å². The molecule has 0 spiro atoms. The summed E-state index contributed by atoms with van der Waals surface area (Å²) >= 11 is 6.26. The lowest BCUT2D eigenvalue weighted by Gasteiger charge is -2.23. The van der Waals surface area contributed by atoms with Gasteiger partial charge in [0.05, 0.1) is 6.61 Å². The molecule has 2 N–H and O–H groups in total. The van der Waals surface area contributed by atoms with E-state index in [1.165, 1.54) is 12.8 Å². The first-order chi connectivity index (χ1) is 9.31. The molecule has 0 atom stereocenters. The van der Waals surface area contributed by atoms with E-state index in [2.05, 4.69) is 10.6 Å². The number of hydrogen-bond acceptors (Lipinski definition) is 3. The van der Waals surface area contributed by atoms with E-state index in [0.29, 0.717) is 6.61 Å². The summed E-state index contributed by atoms with van der Waals surface area (Å²) in [5, 5.41) is 7.69. The molecule has 0 aromatic heterocycles. The summed E-state index contributed by atoms with van der Waals surface area (Å²) in [4.78, 5) is 0. The molecular weight excluding hydrogens is 260 g/mol. The zero-order valence-electron chi connectivity index (χ0n) is 11.5. The maximum absolute atomic E-state index is 6.26. The summed E-state index contributed by atoms with van der Waals surface area (Å²) in [6.45, 7) is 6.78. The summed E-state index contributed by atoms with van der Waals surface area (Å²) in [6, 6.07) is 5.84. The van der Waals surface area contributed by atoms with Gasteiger partial charge in [0.25, 0.3) is 0 Å². The van der Waals surface area contributed by atoms with Crippen molar-refractivity contribution in [2.75, 3.05) is 26.2 Å². The highest BCUT2D eigenvalue weighted by molar-refractivity contribution is 6.31. The van der Waals surface area contributed by atoms with Crippen molar-refractivity contribution >= 4 is 11.6 Å². The van der Waals surface area contributed by atoms with Crippen LogP contribution in [0.2, 0.25) is 5.02 Å². The Kier molecular flexibility index (Phi) is 5.95. The van der Waals surface area contributed by atoms with Gasteiger partial charge in [-0.05, 0) is 57.5 Å². The molecule has 19 heavy (non-hydrogen) atoms. The lowest BCUT2D eigenvalue weighted by Crippen LogP contribution is -2.33. The number of hydrogen-bond donors (Lipinski definition) is 2. The monoisotopic (exact) mass is 282 g/mol. The highest BCUT2D eigenvalue weighted by Crippen LogP contribution is 2.26. The number of benzene rings is 1. The number of halogens is 1. The Morgan fingerprint density at radius 1 is 1.37 bits per heavy atom. The van der Waals surface area contributed by atoms with E-state index in [1.54, 1.807) is 0 Å². The quantitative estimate of drug-likeness (QED) is 0.842. The molecular formula is C15H23ClN2O. The third-order valence-corrected chi connectivity index (χ3v) is 3.92. The minimum absolute atomic E-state index is 0.668. The zero-order valence-corrected chi connectivity index (χ0v) is 12.3. The average molecular weight is 283 g/mol. The van der Waals surface area contributed by atoms with Crippen LogP contribution in [0.25, 0.3) is 0 Å². The van der Waals surface area contributed by atoms with Gasteiger partial charge in [-0.25, -0.2) is 0 Å². The van der Waals surface area contributed by atoms with Crippen LogP contribution in [0.4, 0.5) is 0 Å². The highest BCUT2D eigenvalue weighted by atomic mass is 35.5. The fraction of sp³-hybridized carbons (Fsp3) is 0.600. The van der Waals surface area contributed by atoms with Gasteiger partial charge in [-0.3, -0.25) is 0 Å². The van der Waals surface area contributed by atoms with E-state index in [9.17, 15) is 0 Å². The summed E-state index contributed by atoms with van der Waals surface area (Å²) in [5.74, 6) is 1.67. The molecule has 0 radical (unpaired) electrons. The van der Waals surface area contributed by atoms with Crippen LogP contribution in [0.15, 0.2) is 18.2 Å². The molecule has 1 aromatic carbocycles. The van der Waals surface area contributed by atoms with Crippen molar-refractivity contribution in [2.45, 2.75) is 26.3 Å². The fourth-order valence-corrected chi connectivity index (χ4v) is 2.72. The van der Waals surface area contributed by atoms with Gasteiger partial charge in [0.1, 0.15) is 5.75 Å². The molecule has 1 aliphatic heterocycles. The third kappa shape index (κ3) is 4.37. The molecule has 0 amide bonds. The molecule has 106 valence electrons. The van der Waals surface area contributed by atoms with Gasteiger partial charge in [0.2, 0.25) is 0 Å². The van der Waals surface area contributed by atoms with Crippen molar-refractivity contribution in [1.82, 2.24) is 10.6 Å². The van der Waals surface area contributed by atoms with Gasteiger partial charge in [0, 0.05) is 17.1 Å². The molecule has 4 heteroatoms. The van der Waals surface area contributed by atoms with Gasteiger partial charge in [-0.15, -0.1) is 0 Å². The molecule has 0 bridgehead atoms. The largest absolute Gasteiger partial charge is 0.493 e. The Morgan fingerprint density at radius 2 is 2.16 bits per heavy atom. The van der Waals surface area contributed by atoms with Crippen molar-refractivity contribution in [1.29, 1.82) is 0 Å². The maximum Gasteiger partial charge on any atom is 0.125 e. The molecule has 1 aromatic rings. The minimum atomic E-state index is 0.668. The van der Waals surface area contributed by atoms with Gasteiger partial charge in [-0.1, -0.05) is 17.7 Å². The van der Waals surface area contributed by atoms with Crippen molar-refractivity contribution in [3.05, 3.63) is 28.8 Å². The van der Waals surface area contributed by atoms with Crippen LogP contribution in [-0.2, 0) is 6.54 Å². The first kappa shape index (κ1) is 14.6. The molecule has 0 saturated carbocycles. The molecule has 1 saturated heterocycles. The second-order valence-corrected chi connectivity index (χ2v) is 5.38. The Hall–Kier alpha value is -0.770. The average Bonchev–Trinajstić information content (AvgIpc) is 2.43. The summed E-state index contributed by atoms with van der Waals surface area (Å²) in [5.41, 5.74) is 1.07. The Morgan fingerprint density at radius 3 is 2.89 bits per heavy atom. The molecule has 1 heterocycles. The topological polar surface area (TPSA) is 33.3 Å². The standard InChI is InChI=1S/C15H23ClN2O/c1-2-19-15-5-3-4-14(16)13(15)11-18-10-12-6-8-17-9-7-12/h3-5,12,17-18H,2,6-11H2,1H3. The van der Waals surface area contributed by atoms with Crippen LogP contribution in [0.1, 0.15) is 25.3 Å². The first-order valence-electron chi connectivity index (χ1n) is 7.13. The smallest absolute Gasteiger partial charge is 0.125 e. The summed E-state index contributed by atoms with van der Waals surface area (Å²) in [6.07, 6.45) is 2.52. The van der Waals surface area contributed by atoms with Crippen molar-refractivity contribution < 1.29 is 4.74 Å². The summed E-state index contributed by atoms with van der Waals surface area (Å²) in [7, 11) is 0. The van der Waals surface area contributed by atoms with E-state index >= 15 is 0 Å². The zero-order chi connectivity index (χ0) is 13.5. The van der Waals surface area contributed by atoms with E-state index in [-0.39, 0.29) is 0 Å². The number of rotatable bonds is 6. The summed E-state index contributed by atoms with van der Waals surface area (Å²) < 4.78 is 5.63. The molecule has 1 aliphatic rings. The molecule has 2 rings (SSSR count). The van der Waals surface area contributed by atoms with Crippen LogP contribution in [0.5, 0.6) is 5.75 Å². The second kappa shape index (κ2) is 7.73. The predicted octanol–water partition coefficient (Wildman–Crippen LogP) is 2.83. The van der Waals surface area contributed by atoms with Gasteiger partial charge in [0.15, 0.2) is 0 Å². The van der Waals surface area contributed by atoms with Crippen LogP contribution >= 0.6 is 11.6 Å². The van der Waals surface area contributed by atoms with Crippen molar-refractivity contribution in [3.63, 3.8) is 0 Å². The second-order valence-electron chi connectivity index (χ2n) is 4.97. The lowest BCUT2D eigenvalue weighted by molar-refractivity contribution is 0.331. The van der Waals surface area contributed by atoms with Gasteiger partial charge >= 0.3 is 0 Å². The Balaban J connectivity index is 1.87. The number of nitrogens with one attached hydrogen (secondary N) is 2. The highest BCUT2D eigenvalue weighted by Gasteiger charge is 2.13.